The molecule has 0 spiro atoms. The summed E-state index contributed by atoms with van der Waals surface area (Å²) < 4.78 is 13.3. The van der Waals surface area contributed by atoms with E-state index < -0.39 is 0 Å². The van der Waals surface area contributed by atoms with Crippen molar-refractivity contribution in [3.8, 4) is 0 Å². The Labute approximate surface area is 90.3 Å². The van der Waals surface area contributed by atoms with Crippen molar-refractivity contribution in [1.29, 1.82) is 0 Å². The maximum atomic E-state index is 13.3. The number of hydrogen-bond donors (Lipinski definition) is 1. The Bertz CT molecular complexity index is 290. The Kier molecular flexibility index (Phi) is 4.26. The number of nitrogens with zero attached hydrogens (tertiary/aromatic N) is 1. The van der Waals surface area contributed by atoms with Crippen molar-refractivity contribution in [2.75, 3.05) is 24.2 Å². The molecule has 1 nitrogen and oxygen atoms in total. The summed E-state index contributed by atoms with van der Waals surface area (Å²) in [6.45, 7) is 2.93. The van der Waals surface area contributed by atoms with Crippen LogP contribution in [-0.2, 0) is 0 Å². The number of hydrogen-bond acceptors (Lipinski definition) is 2. The van der Waals surface area contributed by atoms with Gasteiger partial charge in [0.15, 0.2) is 0 Å². The van der Waals surface area contributed by atoms with Crippen LogP contribution in [0.2, 0.25) is 0 Å². The fourth-order valence-corrected chi connectivity index (χ4v) is 1.50. The summed E-state index contributed by atoms with van der Waals surface area (Å²) in [5.41, 5.74) is 0.654. The molecule has 0 radical (unpaired) electrons. The molecule has 78 valence electrons. The second kappa shape index (κ2) is 5.25. The van der Waals surface area contributed by atoms with Gasteiger partial charge in [0.25, 0.3) is 0 Å². The molecule has 0 aliphatic carbocycles. The average molecular weight is 213 g/mol. The minimum Gasteiger partial charge on any atom is -0.372 e. The van der Waals surface area contributed by atoms with Crippen LogP contribution in [0.15, 0.2) is 24.3 Å². The molecule has 0 heterocycles. The Balaban J connectivity index is 2.69. The van der Waals surface area contributed by atoms with Crippen molar-refractivity contribution in [3.63, 3.8) is 0 Å². The van der Waals surface area contributed by atoms with Crippen LogP contribution in [0.5, 0.6) is 0 Å². The summed E-state index contributed by atoms with van der Waals surface area (Å²) in [6, 6.07) is 6.83. The molecule has 0 fully saturated rings. The molecule has 1 atom stereocenters. The fraction of sp³-hybridized carbons (Fsp3) is 0.455. The number of halogens is 1. The number of thiol groups is 1. The molecule has 1 aromatic carbocycles. The van der Waals surface area contributed by atoms with E-state index in [1.165, 1.54) is 6.07 Å². The lowest BCUT2D eigenvalue weighted by atomic mass is 10.2. The van der Waals surface area contributed by atoms with E-state index in [1.807, 2.05) is 18.0 Å². The predicted octanol–water partition coefficient (Wildman–Crippen LogP) is 2.83. The van der Waals surface area contributed by atoms with Gasteiger partial charge in [-0.15, -0.1) is 0 Å². The highest BCUT2D eigenvalue weighted by Crippen LogP contribution is 2.18. The Morgan fingerprint density at radius 3 is 2.64 bits per heavy atom. The van der Waals surface area contributed by atoms with Gasteiger partial charge in [-0.1, -0.05) is 19.1 Å². The van der Waals surface area contributed by atoms with Crippen molar-refractivity contribution >= 4 is 18.3 Å². The number of rotatable bonds is 4. The van der Waals surface area contributed by atoms with E-state index in [4.69, 9.17) is 0 Å². The third-order valence-corrected chi connectivity index (χ3v) is 2.78. The second-order valence-corrected chi connectivity index (χ2v) is 3.98. The van der Waals surface area contributed by atoms with Crippen LogP contribution < -0.4 is 4.90 Å². The third kappa shape index (κ3) is 2.91. The Morgan fingerprint density at radius 2 is 2.07 bits per heavy atom. The maximum Gasteiger partial charge on any atom is 0.146 e. The molecule has 0 aromatic heterocycles. The van der Waals surface area contributed by atoms with Crippen molar-refractivity contribution in [3.05, 3.63) is 30.1 Å². The molecular formula is C11H16FNS. The van der Waals surface area contributed by atoms with Gasteiger partial charge in [-0.25, -0.2) is 4.39 Å². The Hall–Kier alpha value is -0.700. The van der Waals surface area contributed by atoms with Crippen molar-refractivity contribution in [2.45, 2.75) is 6.92 Å². The zero-order chi connectivity index (χ0) is 10.6. The molecule has 0 aliphatic heterocycles. The van der Waals surface area contributed by atoms with E-state index in [-0.39, 0.29) is 5.82 Å². The highest BCUT2D eigenvalue weighted by molar-refractivity contribution is 7.80. The lowest BCUT2D eigenvalue weighted by molar-refractivity contribution is 0.603. The van der Waals surface area contributed by atoms with Gasteiger partial charge in [0, 0.05) is 13.6 Å². The highest BCUT2D eigenvalue weighted by atomic mass is 32.1. The number of benzene rings is 1. The lowest BCUT2D eigenvalue weighted by Crippen LogP contribution is -2.25. The van der Waals surface area contributed by atoms with Gasteiger partial charge in [0.2, 0.25) is 0 Å². The molecular weight excluding hydrogens is 197 g/mol. The van der Waals surface area contributed by atoms with Crippen LogP contribution in [0.4, 0.5) is 10.1 Å². The molecule has 1 rings (SSSR count). The minimum absolute atomic E-state index is 0.165. The standard InChI is InChI=1S/C11H16FNS/c1-9(8-14)7-13(2)11-6-4-3-5-10(11)12/h3-6,9,14H,7-8H2,1-2H3. The van der Waals surface area contributed by atoms with Crippen LogP contribution in [0.1, 0.15) is 6.92 Å². The largest absolute Gasteiger partial charge is 0.372 e. The van der Waals surface area contributed by atoms with E-state index in [2.05, 4.69) is 19.6 Å². The predicted molar refractivity (Wildman–Crippen MR) is 62.7 cm³/mol. The summed E-state index contributed by atoms with van der Waals surface area (Å²) >= 11 is 4.21. The number of anilines is 1. The van der Waals surface area contributed by atoms with Crippen LogP contribution in [-0.4, -0.2) is 19.3 Å². The van der Waals surface area contributed by atoms with Gasteiger partial charge >= 0.3 is 0 Å². The van der Waals surface area contributed by atoms with Crippen molar-refractivity contribution in [1.82, 2.24) is 0 Å². The van der Waals surface area contributed by atoms with Gasteiger partial charge in [0.1, 0.15) is 5.82 Å². The second-order valence-electron chi connectivity index (χ2n) is 3.62. The normalized spacial score (nSPS) is 12.6. The van der Waals surface area contributed by atoms with E-state index in [0.717, 1.165) is 12.3 Å². The van der Waals surface area contributed by atoms with E-state index in [0.29, 0.717) is 11.6 Å². The van der Waals surface area contributed by atoms with Gasteiger partial charge in [0.05, 0.1) is 5.69 Å². The van der Waals surface area contributed by atoms with Crippen LogP contribution in [0, 0.1) is 11.7 Å². The quantitative estimate of drug-likeness (QED) is 0.753. The first-order valence-corrected chi connectivity index (χ1v) is 5.35. The molecule has 0 N–H and O–H groups in total. The summed E-state index contributed by atoms with van der Waals surface area (Å²) in [7, 11) is 1.90. The minimum atomic E-state index is -0.165. The summed E-state index contributed by atoms with van der Waals surface area (Å²) in [4.78, 5) is 1.93. The monoisotopic (exact) mass is 213 g/mol. The third-order valence-electron chi connectivity index (χ3n) is 2.16. The zero-order valence-corrected chi connectivity index (χ0v) is 9.47. The molecule has 0 saturated carbocycles. The topological polar surface area (TPSA) is 3.24 Å². The fourth-order valence-electron chi connectivity index (χ4n) is 1.38. The molecule has 1 unspecified atom stereocenters. The van der Waals surface area contributed by atoms with E-state index in [1.54, 1.807) is 12.1 Å². The first-order valence-electron chi connectivity index (χ1n) is 4.71. The lowest BCUT2D eigenvalue weighted by Gasteiger charge is -2.22. The van der Waals surface area contributed by atoms with E-state index >= 15 is 0 Å². The molecule has 3 heteroatoms. The van der Waals surface area contributed by atoms with E-state index in [9.17, 15) is 4.39 Å². The maximum absolute atomic E-state index is 13.3. The van der Waals surface area contributed by atoms with Gasteiger partial charge in [-0.2, -0.15) is 12.6 Å². The number of para-hydroxylation sites is 1. The molecule has 14 heavy (non-hydrogen) atoms. The molecule has 0 amide bonds. The zero-order valence-electron chi connectivity index (χ0n) is 8.57. The van der Waals surface area contributed by atoms with Crippen LogP contribution in [0.3, 0.4) is 0 Å². The summed E-state index contributed by atoms with van der Waals surface area (Å²) in [6.07, 6.45) is 0. The van der Waals surface area contributed by atoms with Gasteiger partial charge < -0.3 is 4.90 Å². The molecule has 0 saturated heterocycles. The van der Waals surface area contributed by atoms with Crippen molar-refractivity contribution < 1.29 is 4.39 Å². The summed E-state index contributed by atoms with van der Waals surface area (Å²) in [5.74, 6) is 1.11. The molecule has 1 aromatic rings. The first kappa shape index (κ1) is 11.4. The van der Waals surface area contributed by atoms with Crippen LogP contribution >= 0.6 is 12.6 Å². The SMILES string of the molecule is CC(CS)CN(C)c1ccccc1F. The first-order chi connectivity index (χ1) is 6.65. The smallest absolute Gasteiger partial charge is 0.146 e. The highest BCUT2D eigenvalue weighted by Gasteiger charge is 2.08. The van der Waals surface area contributed by atoms with Crippen LogP contribution in [0.25, 0.3) is 0 Å². The van der Waals surface area contributed by atoms with Gasteiger partial charge in [-0.3, -0.25) is 0 Å². The summed E-state index contributed by atoms with van der Waals surface area (Å²) in [5, 5.41) is 0. The Morgan fingerprint density at radius 1 is 1.43 bits per heavy atom. The average Bonchev–Trinajstić information content (AvgIpc) is 2.18. The van der Waals surface area contributed by atoms with Gasteiger partial charge in [-0.05, 0) is 23.8 Å². The van der Waals surface area contributed by atoms with Crippen molar-refractivity contribution in [2.24, 2.45) is 5.92 Å². The molecule has 0 aliphatic rings. The molecule has 0 bridgehead atoms.